The molecule has 0 saturated heterocycles. The number of hydrogen-bond donors (Lipinski definition) is 2. The van der Waals surface area contributed by atoms with Crippen molar-refractivity contribution >= 4 is 23.0 Å². The van der Waals surface area contributed by atoms with Gasteiger partial charge in [-0.05, 0) is 60.8 Å². The van der Waals surface area contributed by atoms with Crippen molar-refractivity contribution in [2.24, 2.45) is 0 Å². The van der Waals surface area contributed by atoms with Crippen LogP contribution >= 0.6 is 12.2 Å². The summed E-state index contributed by atoms with van der Waals surface area (Å²) >= 11 is 5.34. The lowest BCUT2D eigenvalue weighted by Crippen LogP contribution is -2.34. The van der Waals surface area contributed by atoms with Crippen LogP contribution in [0.1, 0.15) is 30.0 Å². The zero-order valence-corrected chi connectivity index (χ0v) is 12.4. The van der Waals surface area contributed by atoms with E-state index in [4.69, 9.17) is 12.2 Å². The van der Waals surface area contributed by atoms with E-state index in [9.17, 15) is 4.39 Å². The summed E-state index contributed by atoms with van der Waals surface area (Å²) < 4.78 is 13.2. The monoisotopic (exact) mass is 300 g/mol. The van der Waals surface area contributed by atoms with E-state index in [2.05, 4.69) is 34.9 Å². The van der Waals surface area contributed by atoms with Crippen LogP contribution in [0.15, 0.2) is 48.5 Å². The van der Waals surface area contributed by atoms with Gasteiger partial charge >= 0.3 is 0 Å². The fourth-order valence-electron chi connectivity index (χ4n) is 2.80. The lowest BCUT2D eigenvalue weighted by Gasteiger charge is -2.27. The highest BCUT2D eigenvalue weighted by Gasteiger charge is 2.20. The van der Waals surface area contributed by atoms with Gasteiger partial charge in [-0.15, -0.1) is 0 Å². The van der Waals surface area contributed by atoms with E-state index >= 15 is 0 Å². The number of benzene rings is 2. The molecule has 108 valence electrons. The van der Waals surface area contributed by atoms with Gasteiger partial charge in [0.2, 0.25) is 0 Å². The van der Waals surface area contributed by atoms with Gasteiger partial charge in [0.05, 0.1) is 6.04 Å². The van der Waals surface area contributed by atoms with E-state index in [0.29, 0.717) is 10.8 Å². The van der Waals surface area contributed by atoms with Crippen LogP contribution in [-0.2, 0) is 6.42 Å². The van der Waals surface area contributed by atoms with Crippen LogP contribution in [-0.4, -0.2) is 5.11 Å². The molecular weight excluding hydrogens is 283 g/mol. The molecule has 0 fully saturated rings. The molecule has 0 spiro atoms. The number of fused-ring (bicyclic) bond motifs is 1. The molecule has 0 aromatic heterocycles. The average molecular weight is 300 g/mol. The summed E-state index contributed by atoms with van der Waals surface area (Å²) in [5, 5.41) is 6.91. The molecule has 21 heavy (non-hydrogen) atoms. The van der Waals surface area contributed by atoms with E-state index in [1.807, 2.05) is 0 Å². The molecule has 0 bridgehead atoms. The second kappa shape index (κ2) is 6.22. The molecule has 1 atom stereocenters. The Morgan fingerprint density at radius 2 is 2.00 bits per heavy atom. The molecule has 1 aliphatic carbocycles. The first-order valence-electron chi connectivity index (χ1n) is 7.13. The highest BCUT2D eigenvalue weighted by Crippen LogP contribution is 2.29. The number of rotatable bonds is 2. The molecule has 0 unspecified atom stereocenters. The van der Waals surface area contributed by atoms with Gasteiger partial charge in [-0.25, -0.2) is 4.39 Å². The van der Waals surface area contributed by atoms with Crippen molar-refractivity contribution < 1.29 is 4.39 Å². The summed E-state index contributed by atoms with van der Waals surface area (Å²) in [6.07, 6.45) is 3.33. The standard InChI is InChI=1S/C17H17FN2S/c18-13-7-4-8-14(11-13)19-17(21)20-16-10-3-6-12-5-1-2-9-15(12)16/h1-2,4-5,7-9,11,16H,3,6,10H2,(H2,19,20,21)/t16-/m0/s1. The van der Waals surface area contributed by atoms with Crippen LogP contribution in [0, 0.1) is 5.82 Å². The third kappa shape index (κ3) is 3.39. The van der Waals surface area contributed by atoms with Crippen LogP contribution in [0.25, 0.3) is 0 Å². The van der Waals surface area contributed by atoms with E-state index in [1.54, 1.807) is 12.1 Å². The molecule has 0 saturated carbocycles. The number of hydrogen-bond acceptors (Lipinski definition) is 1. The highest BCUT2D eigenvalue weighted by atomic mass is 32.1. The second-order valence-corrected chi connectivity index (χ2v) is 5.66. The van der Waals surface area contributed by atoms with Crippen LogP contribution in [0.3, 0.4) is 0 Å². The Balaban J connectivity index is 1.68. The summed E-state index contributed by atoms with van der Waals surface area (Å²) in [6, 6.07) is 15.0. The van der Waals surface area contributed by atoms with Crippen molar-refractivity contribution in [2.75, 3.05) is 5.32 Å². The summed E-state index contributed by atoms with van der Waals surface area (Å²) in [7, 11) is 0. The first kappa shape index (κ1) is 14.0. The largest absolute Gasteiger partial charge is 0.356 e. The fourth-order valence-corrected chi connectivity index (χ4v) is 3.06. The molecule has 2 nitrogen and oxygen atoms in total. The Morgan fingerprint density at radius 1 is 1.14 bits per heavy atom. The van der Waals surface area contributed by atoms with Crippen molar-refractivity contribution in [3.05, 3.63) is 65.5 Å². The van der Waals surface area contributed by atoms with E-state index in [0.717, 1.165) is 19.3 Å². The van der Waals surface area contributed by atoms with Crippen molar-refractivity contribution in [3.63, 3.8) is 0 Å². The summed E-state index contributed by atoms with van der Waals surface area (Å²) in [6.45, 7) is 0. The van der Waals surface area contributed by atoms with Gasteiger partial charge in [0.15, 0.2) is 5.11 Å². The van der Waals surface area contributed by atoms with Crippen LogP contribution in [0.4, 0.5) is 10.1 Å². The van der Waals surface area contributed by atoms with Gasteiger partial charge < -0.3 is 10.6 Å². The van der Waals surface area contributed by atoms with Crippen molar-refractivity contribution in [3.8, 4) is 0 Å². The van der Waals surface area contributed by atoms with Crippen molar-refractivity contribution in [1.82, 2.24) is 5.32 Å². The minimum Gasteiger partial charge on any atom is -0.356 e. The molecule has 2 N–H and O–H groups in total. The topological polar surface area (TPSA) is 24.1 Å². The van der Waals surface area contributed by atoms with Crippen LogP contribution < -0.4 is 10.6 Å². The van der Waals surface area contributed by atoms with Gasteiger partial charge in [-0.1, -0.05) is 30.3 Å². The van der Waals surface area contributed by atoms with Gasteiger partial charge in [-0.3, -0.25) is 0 Å². The van der Waals surface area contributed by atoms with E-state index in [-0.39, 0.29) is 11.9 Å². The number of aryl methyl sites for hydroxylation is 1. The quantitative estimate of drug-likeness (QED) is 0.813. The number of halogens is 1. The Morgan fingerprint density at radius 3 is 2.86 bits per heavy atom. The van der Waals surface area contributed by atoms with Crippen molar-refractivity contribution in [2.45, 2.75) is 25.3 Å². The number of nitrogens with one attached hydrogen (secondary N) is 2. The predicted octanol–water partition coefficient (Wildman–Crippen LogP) is 4.19. The maximum Gasteiger partial charge on any atom is 0.171 e. The zero-order chi connectivity index (χ0) is 14.7. The lowest BCUT2D eigenvalue weighted by molar-refractivity contribution is 0.529. The predicted molar refractivity (Wildman–Crippen MR) is 87.9 cm³/mol. The molecule has 4 heteroatoms. The minimum atomic E-state index is -0.272. The third-order valence-corrected chi connectivity index (χ3v) is 3.98. The van der Waals surface area contributed by atoms with E-state index in [1.165, 1.54) is 23.3 Å². The molecule has 3 rings (SSSR count). The third-order valence-electron chi connectivity index (χ3n) is 3.76. The molecule has 0 aliphatic heterocycles. The number of thiocarbonyl (C=S) groups is 1. The average Bonchev–Trinajstić information content (AvgIpc) is 2.47. The Bertz CT molecular complexity index is 657. The SMILES string of the molecule is Fc1cccc(NC(=S)N[C@H]2CCCc3ccccc32)c1. The minimum absolute atomic E-state index is 0.225. The first-order chi connectivity index (χ1) is 10.2. The van der Waals surface area contributed by atoms with Crippen LogP contribution in [0.5, 0.6) is 0 Å². The Labute approximate surface area is 129 Å². The van der Waals surface area contributed by atoms with Gasteiger partial charge in [-0.2, -0.15) is 0 Å². The molecule has 2 aromatic carbocycles. The summed E-state index contributed by atoms with van der Waals surface area (Å²) in [5.41, 5.74) is 3.36. The maximum absolute atomic E-state index is 13.2. The fraction of sp³-hybridized carbons (Fsp3) is 0.235. The molecule has 1 aliphatic rings. The molecule has 0 heterocycles. The zero-order valence-electron chi connectivity index (χ0n) is 11.6. The molecule has 2 aromatic rings. The van der Waals surface area contributed by atoms with Gasteiger partial charge in [0, 0.05) is 5.69 Å². The normalized spacial score (nSPS) is 16.9. The smallest absolute Gasteiger partial charge is 0.171 e. The summed E-state index contributed by atoms with van der Waals surface area (Å²) in [4.78, 5) is 0. The Hall–Kier alpha value is -1.94. The lowest BCUT2D eigenvalue weighted by atomic mass is 9.88. The molecule has 0 radical (unpaired) electrons. The molecule has 0 amide bonds. The second-order valence-electron chi connectivity index (χ2n) is 5.25. The first-order valence-corrected chi connectivity index (χ1v) is 7.54. The van der Waals surface area contributed by atoms with E-state index < -0.39 is 0 Å². The van der Waals surface area contributed by atoms with Crippen LogP contribution in [0.2, 0.25) is 0 Å². The molecular formula is C17H17FN2S. The van der Waals surface area contributed by atoms with Gasteiger partial charge in [0.25, 0.3) is 0 Å². The summed E-state index contributed by atoms with van der Waals surface area (Å²) in [5.74, 6) is -0.272. The maximum atomic E-state index is 13.2. The number of anilines is 1. The highest BCUT2D eigenvalue weighted by molar-refractivity contribution is 7.80. The van der Waals surface area contributed by atoms with Crippen molar-refractivity contribution in [1.29, 1.82) is 0 Å². The Kier molecular flexibility index (Phi) is 4.15. The van der Waals surface area contributed by atoms with Gasteiger partial charge in [0.1, 0.15) is 5.82 Å².